The predicted octanol–water partition coefficient (Wildman–Crippen LogP) is 10.0. The van der Waals surface area contributed by atoms with Gasteiger partial charge in [-0.05, 0) is 48.9 Å². The molecule has 0 spiro atoms. The molecule has 0 unspecified atom stereocenters. The van der Waals surface area contributed by atoms with Crippen LogP contribution in [0.2, 0.25) is 0 Å². The molecule has 7 rings (SSSR count). The molecule has 2 heteroatoms. The molecule has 0 aliphatic heterocycles. The van der Waals surface area contributed by atoms with Crippen LogP contribution in [0.1, 0.15) is 12.5 Å². The summed E-state index contributed by atoms with van der Waals surface area (Å²) in [5.41, 5.74) is 9.47. The van der Waals surface area contributed by atoms with Gasteiger partial charge in [-0.15, -0.1) is 0 Å². The maximum Gasteiger partial charge on any atom is 0.0541 e. The third-order valence-corrected chi connectivity index (χ3v) is 7.72. The van der Waals surface area contributed by atoms with Gasteiger partial charge in [0.05, 0.1) is 27.8 Å². The molecule has 0 atom stereocenters. The summed E-state index contributed by atoms with van der Waals surface area (Å²) >= 11 is 0. The van der Waals surface area contributed by atoms with Crippen molar-refractivity contribution >= 4 is 54.9 Å². The second-order valence-electron chi connectivity index (χ2n) is 9.86. The fourth-order valence-corrected chi connectivity index (χ4v) is 6.01. The lowest BCUT2D eigenvalue weighted by Crippen LogP contribution is -2.02. The molecule has 0 N–H and O–H groups in total. The van der Waals surface area contributed by atoms with E-state index in [9.17, 15) is 0 Å². The van der Waals surface area contributed by atoms with E-state index in [-0.39, 0.29) is 0 Å². The summed E-state index contributed by atoms with van der Waals surface area (Å²) in [6.45, 7) is 6.21. The predicted molar refractivity (Wildman–Crippen MR) is 168 cm³/mol. The van der Waals surface area contributed by atoms with Crippen LogP contribution in [-0.2, 0) is 0 Å². The van der Waals surface area contributed by atoms with Crippen molar-refractivity contribution in [2.24, 2.45) is 0 Å². The van der Waals surface area contributed by atoms with E-state index in [1.54, 1.807) is 0 Å². The first kappa shape index (κ1) is 23.1. The van der Waals surface area contributed by atoms with E-state index in [2.05, 4.69) is 150 Å². The zero-order valence-corrected chi connectivity index (χ0v) is 21.9. The summed E-state index contributed by atoms with van der Waals surface area (Å²) in [6.07, 6.45) is 6.06. The number of allylic oxidation sites excluding steroid dienone is 5. The number of aromatic nitrogens is 2. The molecule has 2 nitrogen and oxygen atoms in total. The van der Waals surface area contributed by atoms with Crippen molar-refractivity contribution < 1.29 is 0 Å². The van der Waals surface area contributed by atoms with Gasteiger partial charge in [0.15, 0.2) is 0 Å². The monoisotopic (exact) mass is 500 g/mol. The number of fused-ring (bicyclic) bond motifs is 6. The lowest BCUT2D eigenvalue weighted by atomic mass is 10.0. The van der Waals surface area contributed by atoms with Gasteiger partial charge in [0.25, 0.3) is 0 Å². The van der Waals surface area contributed by atoms with Crippen LogP contribution in [0.3, 0.4) is 0 Å². The normalized spacial score (nSPS) is 12.6. The van der Waals surface area contributed by atoms with E-state index in [1.165, 1.54) is 54.7 Å². The fraction of sp³-hybridized carbons (Fsp3) is 0.0270. The van der Waals surface area contributed by atoms with Gasteiger partial charge in [0.1, 0.15) is 0 Å². The first-order valence-corrected chi connectivity index (χ1v) is 13.3. The van der Waals surface area contributed by atoms with E-state index < -0.39 is 0 Å². The Hall–Kier alpha value is -5.08. The molecule has 2 aromatic heterocycles. The van der Waals surface area contributed by atoms with Crippen LogP contribution in [0.5, 0.6) is 0 Å². The zero-order valence-electron chi connectivity index (χ0n) is 21.9. The number of para-hydroxylation sites is 5. The molecular formula is C37H28N2. The average molecular weight is 501 g/mol. The number of hydrogen-bond donors (Lipinski definition) is 0. The maximum absolute atomic E-state index is 3.97. The van der Waals surface area contributed by atoms with Crippen molar-refractivity contribution in [1.82, 2.24) is 9.13 Å². The Bertz CT molecular complexity index is 1990. The van der Waals surface area contributed by atoms with E-state index in [4.69, 9.17) is 0 Å². The number of benzene rings is 5. The van der Waals surface area contributed by atoms with Gasteiger partial charge < -0.3 is 9.13 Å². The summed E-state index contributed by atoms with van der Waals surface area (Å²) in [7, 11) is 0. The Morgan fingerprint density at radius 1 is 0.564 bits per heavy atom. The van der Waals surface area contributed by atoms with Crippen LogP contribution in [0.25, 0.3) is 60.6 Å². The summed E-state index contributed by atoms with van der Waals surface area (Å²) in [4.78, 5) is 0. The molecule has 0 aliphatic carbocycles. The zero-order chi connectivity index (χ0) is 26.3. The highest BCUT2D eigenvalue weighted by molar-refractivity contribution is 6.13. The largest absolute Gasteiger partial charge is 0.309 e. The second kappa shape index (κ2) is 9.34. The average Bonchev–Trinajstić information content (AvgIpc) is 3.51. The molecule has 0 saturated heterocycles. The molecule has 39 heavy (non-hydrogen) atoms. The van der Waals surface area contributed by atoms with Crippen molar-refractivity contribution in [3.8, 4) is 5.69 Å². The van der Waals surface area contributed by atoms with E-state index >= 15 is 0 Å². The van der Waals surface area contributed by atoms with Gasteiger partial charge in [-0.1, -0.05) is 110 Å². The molecule has 0 saturated carbocycles. The summed E-state index contributed by atoms with van der Waals surface area (Å²) in [5.74, 6) is 0. The third-order valence-electron chi connectivity index (χ3n) is 7.72. The molecule has 2 heterocycles. The highest BCUT2D eigenvalue weighted by atomic mass is 15.0. The van der Waals surface area contributed by atoms with E-state index in [0.29, 0.717) is 0 Å². The van der Waals surface area contributed by atoms with Crippen molar-refractivity contribution in [2.45, 2.75) is 6.92 Å². The molecule has 0 aliphatic rings. The van der Waals surface area contributed by atoms with Crippen LogP contribution in [0.15, 0.2) is 146 Å². The first-order valence-electron chi connectivity index (χ1n) is 13.3. The lowest BCUT2D eigenvalue weighted by Gasteiger charge is -2.18. The molecular weight excluding hydrogens is 472 g/mol. The Kier molecular flexibility index (Phi) is 5.53. The van der Waals surface area contributed by atoms with Crippen LogP contribution >= 0.6 is 0 Å². The van der Waals surface area contributed by atoms with Crippen LogP contribution < -0.4 is 0 Å². The van der Waals surface area contributed by atoms with Gasteiger partial charge in [0, 0.05) is 32.8 Å². The lowest BCUT2D eigenvalue weighted by molar-refractivity contribution is 1.16. The smallest absolute Gasteiger partial charge is 0.0541 e. The third kappa shape index (κ3) is 3.57. The molecule has 7 aromatic rings. The summed E-state index contributed by atoms with van der Waals surface area (Å²) in [6, 6.07) is 43.4. The van der Waals surface area contributed by atoms with Crippen LogP contribution in [-0.4, -0.2) is 9.13 Å². The minimum Gasteiger partial charge on any atom is -0.309 e. The SMILES string of the molecule is C=C/C=C\C(=C(/C)c1ccccc1-n1c2ccccc2c2ccccc21)n1c2ccccc2c2ccccc21. The molecule has 0 amide bonds. The van der Waals surface area contributed by atoms with Crippen molar-refractivity contribution in [3.05, 3.63) is 152 Å². The van der Waals surface area contributed by atoms with Gasteiger partial charge >= 0.3 is 0 Å². The Morgan fingerprint density at radius 2 is 1.00 bits per heavy atom. The van der Waals surface area contributed by atoms with Crippen molar-refractivity contribution in [1.29, 1.82) is 0 Å². The van der Waals surface area contributed by atoms with Gasteiger partial charge in [-0.25, -0.2) is 0 Å². The van der Waals surface area contributed by atoms with E-state index in [1.807, 2.05) is 12.2 Å². The van der Waals surface area contributed by atoms with Gasteiger partial charge in [-0.3, -0.25) is 0 Å². The highest BCUT2D eigenvalue weighted by Gasteiger charge is 2.18. The molecule has 0 bridgehead atoms. The van der Waals surface area contributed by atoms with Crippen LogP contribution in [0.4, 0.5) is 0 Å². The summed E-state index contributed by atoms with van der Waals surface area (Å²) in [5, 5.41) is 5.03. The number of nitrogens with zero attached hydrogens (tertiary/aromatic N) is 2. The Morgan fingerprint density at radius 3 is 1.54 bits per heavy atom. The van der Waals surface area contributed by atoms with Crippen molar-refractivity contribution in [2.75, 3.05) is 0 Å². The molecule has 0 fully saturated rings. The van der Waals surface area contributed by atoms with Crippen molar-refractivity contribution in [3.63, 3.8) is 0 Å². The maximum atomic E-state index is 3.97. The molecule has 186 valence electrons. The first-order chi connectivity index (χ1) is 19.3. The van der Waals surface area contributed by atoms with E-state index in [0.717, 1.165) is 11.4 Å². The second-order valence-corrected chi connectivity index (χ2v) is 9.86. The Labute approximate surface area is 228 Å². The fourth-order valence-electron chi connectivity index (χ4n) is 6.01. The van der Waals surface area contributed by atoms with Gasteiger partial charge in [-0.2, -0.15) is 0 Å². The quantitative estimate of drug-likeness (QED) is 0.208. The van der Waals surface area contributed by atoms with Gasteiger partial charge in [0.2, 0.25) is 0 Å². The van der Waals surface area contributed by atoms with Crippen LogP contribution in [0, 0.1) is 0 Å². The number of hydrogen-bond acceptors (Lipinski definition) is 0. The number of rotatable bonds is 5. The minimum atomic E-state index is 1.13. The molecule has 5 aromatic carbocycles. The topological polar surface area (TPSA) is 9.86 Å². The summed E-state index contributed by atoms with van der Waals surface area (Å²) < 4.78 is 4.80. The highest BCUT2D eigenvalue weighted by Crippen LogP contribution is 2.38. The minimum absolute atomic E-state index is 1.13. The molecule has 0 radical (unpaired) electrons. The Balaban J connectivity index is 1.58. The standard InChI is InChI=1S/C37H28N2/c1-3-4-20-32(38-34-22-11-6-16-28(34)29-17-7-12-23-35(29)38)26(2)27-15-5-10-21-33(27)39-36-24-13-8-18-30(36)31-19-9-14-25-37(31)39/h3-25H,1H2,2H3/b20-4-,32-26-.